The molecule has 0 saturated carbocycles. The molecule has 0 aliphatic rings. The molecule has 0 fully saturated rings. The maximum absolute atomic E-state index is 6.86. The predicted octanol–water partition coefficient (Wildman–Crippen LogP) is 1.70. The Kier molecular flexibility index (Phi) is 0.763. The van der Waals surface area contributed by atoms with Crippen molar-refractivity contribution < 1.29 is 17.7 Å². The molecule has 0 aromatic heterocycles. The zero-order valence-corrected chi connectivity index (χ0v) is 5.13. The van der Waals surface area contributed by atoms with Gasteiger partial charge < -0.3 is 9.47 Å². The van der Waals surface area contributed by atoms with E-state index >= 15 is 0 Å². The molecule has 0 radical (unpaired) electrons. The Labute approximate surface area is 68.8 Å². The summed E-state index contributed by atoms with van der Waals surface area (Å²) < 4.78 is 50.3. The third-order valence-corrected chi connectivity index (χ3v) is 1.06. The lowest BCUT2D eigenvalue weighted by Crippen LogP contribution is -1.83. The predicted molar refractivity (Wildman–Crippen MR) is 39.5 cm³/mol. The Morgan fingerprint density at radius 3 is 1.70 bits per heavy atom. The highest BCUT2D eigenvalue weighted by Crippen LogP contribution is 2.15. The van der Waals surface area contributed by atoms with E-state index in [1.165, 1.54) is 24.3 Å². The maximum atomic E-state index is 6.86. The molecule has 54 valence electrons. The molecule has 0 N–H and O–H groups in total. The fourth-order valence-electron chi connectivity index (χ4n) is 0.576. The minimum atomic E-state index is -2.52. The summed E-state index contributed by atoms with van der Waals surface area (Å²) in [5.41, 5.74) is 0. The van der Waals surface area contributed by atoms with Gasteiger partial charge in [-0.2, -0.15) is 0 Å². The number of ether oxygens (including phenoxy) is 2. The molecule has 2 nitrogen and oxygen atoms in total. The number of benzene rings is 1. The molecule has 1 aromatic rings. The van der Waals surface area contributed by atoms with Gasteiger partial charge in [-0.1, -0.05) is 0 Å². The second kappa shape index (κ2) is 3.11. The summed E-state index contributed by atoms with van der Waals surface area (Å²) in [6, 6.07) is 5.31. The summed E-state index contributed by atoms with van der Waals surface area (Å²) in [5.74, 6) is 0.246. The fraction of sp³-hybridized carbons (Fsp3) is 0.250. The van der Waals surface area contributed by atoms with Gasteiger partial charge in [-0.3, -0.25) is 0 Å². The Hall–Kier alpha value is -1.18. The quantitative estimate of drug-likeness (QED) is 0.629. The summed E-state index contributed by atoms with van der Waals surface area (Å²) in [5, 5.41) is 0. The van der Waals surface area contributed by atoms with Crippen LogP contribution in [0.4, 0.5) is 0 Å². The van der Waals surface area contributed by atoms with Crippen molar-refractivity contribution in [2.45, 2.75) is 0 Å². The SMILES string of the molecule is [2H]C([2H])([2H])Oc1ccc(OC([2H])([2H])[2H])cc1. The van der Waals surface area contributed by atoms with Gasteiger partial charge >= 0.3 is 0 Å². The van der Waals surface area contributed by atoms with Crippen molar-refractivity contribution in [1.29, 1.82) is 0 Å². The zero-order chi connectivity index (χ0) is 12.4. The second-order valence-electron chi connectivity index (χ2n) is 1.68. The Morgan fingerprint density at radius 2 is 1.40 bits per heavy atom. The van der Waals surface area contributed by atoms with E-state index in [1.807, 2.05) is 0 Å². The third kappa shape index (κ3) is 1.41. The van der Waals surface area contributed by atoms with Crippen LogP contribution >= 0.6 is 0 Å². The van der Waals surface area contributed by atoms with Crippen LogP contribution in [0.25, 0.3) is 0 Å². The molecule has 0 spiro atoms. The van der Waals surface area contributed by atoms with E-state index in [1.54, 1.807) is 0 Å². The lowest BCUT2D eigenvalue weighted by atomic mass is 10.3. The highest BCUT2D eigenvalue weighted by atomic mass is 16.5. The topological polar surface area (TPSA) is 18.5 Å². The first kappa shape index (κ1) is 2.46. The molecule has 0 unspecified atom stereocenters. The van der Waals surface area contributed by atoms with Crippen LogP contribution in [0.1, 0.15) is 8.22 Å². The molecule has 0 aliphatic heterocycles. The average molecular weight is 144 g/mol. The first-order valence-electron chi connectivity index (χ1n) is 5.64. The largest absolute Gasteiger partial charge is 0.497 e. The molecule has 2 heteroatoms. The fourth-order valence-corrected chi connectivity index (χ4v) is 0.576. The molecule has 0 heterocycles. The van der Waals surface area contributed by atoms with Gasteiger partial charge in [0.15, 0.2) is 0 Å². The van der Waals surface area contributed by atoms with E-state index in [0.717, 1.165) is 0 Å². The highest BCUT2D eigenvalue weighted by Gasteiger charge is 1.89. The number of methoxy groups -OCH3 is 2. The van der Waals surface area contributed by atoms with Gasteiger partial charge in [-0.25, -0.2) is 0 Å². The first-order chi connectivity index (χ1) is 7.16. The molecule has 1 rings (SSSR count). The van der Waals surface area contributed by atoms with E-state index in [-0.39, 0.29) is 11.5 Å². The third-order valence-electron chi connectivity index (χ3n) is 1.06. The zero-order valence-electron chi connectivity index (χ0n) is 11.1. The summed E-state index contributed by atoms with van der Waals surface area (Å²) in [6.45, 7) is 0. The van der Waals surface area contributed by atoms with Gasteiger partial charge in [-0.15, -0.1) is 0 Å². The number of hydrogen-bond acceptors (Lipinski definition) is 2. The minimum Gasteiger partial charge on any atom is -0.497 e. The van der Waals surface area contributed by atoms with Crippen LogP contribution in [0.5, 0.6) is 11.5 Å². The summed E-state index contributed by atoms with van der Waals surface area (Å²) in [6.07, 6.45) is 0. The van der Waals surface area contributed by atoms with Crippen molar-refractivity contribution in [2.24, 2.45) is 0 Å². The monoisotopic (exact) mass is 144 g/mol. The van der Waals surface area contributed by atoms with Crippen LogP contribution in [-0.2, 0) is 0 Å². The minimum absolute atomic E-state index is 0.123. The van der Waals surface area contributed by atoms with Crippen molar-refractivity contribution in [3.63, 3.8) is 0 Å². The molecule has 0 atom stereocenters. The molecule has 1 aromatic carbocycles. The van der Waals surface area contributed by atoms with E-state index in [4.69, 9.17) is 8.22 Å². The maximum Gasteiger partial charge on any atom is 0.119 e. The van der Waals surface area contributed by atoms with Crippen molar-refractivity contribution in [1.82, 2.24) is 0 Å². The molecular weight excluding hydrogens is 128 g/mol. The Morgan fingerprint density at radius 1 is 1.00 bits per heavy atom. The van der Waals surface area contributed by atoms with E-state index in [2.05, 4.69) is 9.47 Å². The molecule has 0 aliphatic carbocycles. The molecule has 10 heavy (non-hydrogen) atoms. The summed E-state index contributed by atoms with van der Waals surface area (Å²) >= 11 is 0. The van der Waals surface area contributed by atoms with Gasteiger partial charge in [0.05, 0.1) is 22.3 Å². The summed E-state index contributed by atoms with van der Waals surface area (Å²) in [7, 11) is -5.04. The van der Waals surface area contributed by atoms with E-state index in [0.29, 0.717) is 0 Å². The number of rotatable bonds is 2. The molecule has 0 saturated heterocycles. The van der Waals surface area contributed by atoms with Crippen LogP contribution in [-0.4, -0.2) is 14.1 Å². The Balaban J connectivity index is 2.69. The van der Waals surface area contributed by atoms with Crippen molar-refractivity contribution in [3.05, 3.63) is 24.3 Å². The van der Waals surface area contributed by atoms with Crippen LogP contribution in [0.15, 0.2) is 24.3 Å². The smallest absolute Gasteiger partial charge is 0.119 e. The van der Waals surface area contributed by atoms with Gasteiger partial charge in [-0.05, 0) is 24.3 Å². The van der Waals surface area contributed by atoms with Crippen LogP contribution < -0.4 is 9.47 Å². The Bertz CT molecular complexity index is 304. The second-order valence-corrected chi connectivity index (χ2v) is 1.68. The number of hydrogen-bond donors (Lipinski definition) is 0. The molecule has 0 bridgehead atoms. The molecular formula is C8H10O2. The van der Waals surface area contributed by atoms with Gasteiger partial charge in [0.2, 0.25) is 0 Å². The van der Waals surface area contributed by atoms with Crippen LogP contribution in [0.3, 0.4) is 0 Å². The standard InChI is InChI=1S/C8H10O2/c1-9-7-3-5-8(10-2)6-4-7/h3-6H,1-2H3/i1D3,2D3. The first-order valence-corrected chi connectivity index (χ1v) is 2.64. The van der Waals surface area contributed by atoms with Gasteiger partial charge in [0.1, 0.15) is 11.5 Å². The average Bonchev–Trinajstić information content (AvgIpc) is 2.03. The highest BCUT2D eigenvalue weighted by molar-refractivity contribution is 5.30. The van der Waals surface area contributed by atoms with Crippen LogP contribution in [0.2, 0.25) is 0 Å². The molecule has 0 amide bonds. The normalized spacial score (nSPS) is 20.4. The van der Waals surface area contributed by atoms with Crippen LogP contribution in [0, 0.1) is 0 Å². The lowest BCUT2D eigenvalue weighted by Gasteiger charge is -2.00. The van der Waals surface area contributed by atoms with Gasteiger partial charge in [0.25, 0.3) is 0 Å². The summed E-state index contributed by atoms with van der Waals surface area (Å²) in [4.78, 5) is 0. The van der Waals surface area contributed by atoms with E-state index in [9.17, 15) is 0 Å². The van der Waals surface area contributed by atoms with E-state index < -0.39 is 14.1 Å². The van der Waals surface area contributed by atoms with Crippen molar-refractivity contribution in [3.8, 4) is 11.5 Å². The van der Waals surface area contributed by atoms with Crippen molar-refractivity contribution >= 4 is 0 Å². The van der Waals surface area contributed by atoms with Crippen molar-refractivity contribution in [2.75, 3.05) is 14.1 Å². The lowest BCUT2D eigenvalue weighted by molar-refractivity contribution is 0.403. The van der Waals surface area contributed by atoms with Gasteiger partial charge in [0, 0.05) is 0 Å².